The van der Waals surface area contributed by atoms with E-state index in [0.717, 1.165) is 25.9 Å². The van der Waals surface area contributed by atoms with Crippen molar-refractivity contribution in [3.63, 3.8) is 0 Å². The predicted molar refractivity (Wildman–Crippen MR) is 71.2 cm³/mol. The average Bonchev–Trinajstić information content (AvgIpc) is 2.25. The normalized spacial score (nSPS) is 15.3. The van der Waals surface area contributed by atoms with Crippen LogP contribution in [-0.4, -0.2) is 35.3 Å². The Morgan fingerprint density at radius 2 is 1.56 bits per heavy atom. The van der Waals surface area contributed by atoms with E-state index in [1.165, 1.54) is 19.3 Å². The van der Waals surface area contributed by atoms with Crippen molar-refractivity contribution in [2.24, 2.45) is 0 Å². The Balaban J connectivity index is 3.73. The van der Waals surface area contributed by atoms with Crippen LogP contribution in [0.25, 0.3) is 0 Å². The second-order valence-corrected chi connectivity index (χ2v) is 6.85. The molecule has 0 fully saturated rings. The van der Waals surface area contributed by atoms with Gasteiger partial charge in [-0.15, -0.1) is 0 Å². The molecule has 0 bridgehead atoms. The molecule has 0 aliphatic carbocycles. The Morgan fingerprint density at radius 1 is 1.00 bits per heavy atom. The largest absolute Gasteiger partial charge is 0.343 e. The van der Waals surface area contributed by atoms with Crippen molar-refractivity contribution in [1.29, 1.82) is 0 Å². The van der Waals surface area contributed by atoms with E-state index in [0.29, 0.717) is 12.4 Å². The van der Waals surface area contributed by atoms with Gasteiger partial charge in [-0.3, -0.25) is 9.46 Å². The van der Waals surface area contributed by atoms with E-state index in [1.54, 1.807) is 0 Å². The summed E-state index contributed by atoms with van der Waals surface area (Å²) >= 11 is 0. The van der Waals surface area contributed by atoms with Crippen molar-refractivity contribution in [3.8, 4) is 0 Å². The van der Waals surface area contributed by atoms with E-state index >= 15 is 0 Å². The maximum Gasteiger partial charge on any atom is 0.214 e. The third kappa shape index (κ3) is 8.32. The Morgan fingerprint density at radius 3 is 2.06 bits per heavy atom. The van der Waals surface area contributed by atoms with Gasteiger partial charge in [0, 0.05) is 6.16 Å². The van der Waals surface area contributed by atoms with Gasteiger partial charge in [0.25, 0.3) is 0 Å². The molecule has 0 radical (unpaired) electrons. The van der Waals surface area contributed by atoms with E-state index in [9.17, 15) is 9.46 Å². The zero-order valence-electron chi connectivity index (χ0n) is 11.1. The van der Waals surface area contributed by atoms with Crippen LogP contribution in [0, 0.1) is 0 Å². The highest BCUT2D eigenvalue weighted by molar-refractivity contribution is 7.57. The van der Waals surface area contributed by atoms with E-state index in [2.05, 4.69) is 6.92 Å². The first-order chi connectivity index (χ1) is 7.55. The third-order valence-electron chi connectivity index (χ3n) is 2.93. The fourth-order valence-electron chi connectivity index (χ4n) is 1.77. The monoisotopic (exact) mass is 249 g/mol. The Kier molecular flexibility index (Phi) is 9.29. The predicted octanol–water partition coefficient (Wildman–Crippen LogP) is 3.53. The zero-order valence-corrected chi connectivity index (χ0v) is 12.0. The van der Waals surface area contributed by atoms with Crippen molar-refractivity contribution in [1.82, 2.24) is 4.90 Å². The van der Waals surface area contributed by atoms with Gasteiger partial charge in [-0.05, 0) is 19.5 Å². The van der Waals surface area contributed by atoms with Crippen LogP contribution in [0.5, 0.6) is 0 Å². The molecule has 0 amide bonds. The molecule has 0 aromatic carbocycles. The van der Waals surface area contributed by atoms with E-state index in [1.807, 2.05) is 18.7 Å². The van der Waals surface area contributed by atoms with Crippen LogP contribution in [0.4, 0.5) is 0 Å². The maximum absolute atomic E-state index is 11.9. The van der Waals surface area contributed by atoms with E-state index in [4.69, 9.17) is 0 Å². The molecule has 3 nitrogen and oxygen atoms in total. The summed E-state index contributed by atoms with van der Waals surface area (Å²) in [7, 11) is -2.90. The lowest BCUT2D eigenvalue weighted by atomic mass is 10.2. The molecule has 0 saturated heterocycles. The van der Waals surface area contributed by atoms with Crippen LogP contribution in [0.3, 0.4) is 0 Å². The Bertz CT molecular complexity index is 205. The highest BCUT2D eigenvalue weighted by atomic mass is 31.2. The van der Waals surface area contributed by atoms with Crippen LogP contribution in [0.15, 0.2) is 0 Å². The average molecular weight is 249 g/mol. The van der Waals surface area contributed by atoms with Gasteiger partial charge < -0.3 is 4.89 Å². The topological polar surface area (TPSA) is 40.5 Å². The maximum atomic E-state index is 11.9. The van der Waals surface area contributed by atoms with Gasteiger partial charge in [0.2, 0.25) is 7.37 Å². The minimum absolute atomic E-state index is 0.369. The first-order valence-electron chi connectivity index (χ1n) is 6.59. The third-order valence-corrected chi connectivity index (χ3v) is 4.78. The molecule has 0 spiro atoms. The fraction of sp³-hybridized carbons (Fsp3) is 1.00. The van der Waals surface area contributed by atoms with Gasteiger partial charge in [-0.25, -0.2) is 0 Å². The molecule has 0 rings (SSSR count). The Labute approximate surface area is 101 Å². The van der Waals surface area contributed by atoms with Gasteiger partial charge in [0.15, 0.2) is 0 Å². The molecule has 4 heteroatoms. The summed E-state index contributed by atoms with van der Waals surface area (Å²) in [4.78, 5) is 11.9. The van der Waals surface area contributed by atoms with Crippen molar-refractivity contribution >= 4 is 7.37 Å². The highest BCUT2D eigenvalue weighted by Gasteiger charge is 2.20. The van der Waals surface area contributed by atoms with Crippen LogP contribution in [-0.2, 0) is 4.57 Å². The lowest BCUT2D eigenvalue weighted by Crippen LogP contribution is -2.24. The van der Waals surface area contributed by atoms with Crippen molar-refractivity contribution in [2.45, 2.75) is 52.9 Å². The second kappa shape index (κ2) is 9.21. The van der Waals surface area contributed by atoms with E-state index < -0.39 is 7.37 Å². The van der Waals surface area contributed by atoms with Crippen LogP contribution in [0.2, 0.25) is 0 Å². The summed E-state index contributed by atoms with van der Waals surface area (Å²) in [5.41, 5.74) is 0. The summed E-state index contributed by atoms with van der Waals surface area (Å²) in [6.07, 6.45) is 6.51. The molecule has 0 aliphatic rings. The van der Waals surface area contributed by atoms with Crippen molar-refractivity contribution in [3.05, 3.63) is 0 Å². The molecular weight excluding hydrogens is 221 g/mol. The fourth-order valence-corrected chi connectivity index (χ4v) is 3.65. The van der Waals surface area contributed by atoms with Gasteiger partial charge in [-0.2, -0.15) is 0 Å². The molecule has 1 atom stereocenters. The minimum atomic E-state index is -2.90. The summed E-state index contributed by atoms with van der Waals surface area (Å²) in [5, 5.41) is 0. The number of unbranched alkanes of at least 4 members (excludes halogenated alkanes) is 4. The number of rotatable bonds is 10. The lowest BCUT2D eigenvalue weighted by molar-refractivity contribution is 0.331. The first kappa shape index (κ1) is 16.1. The number of hydrogen-bond acceptors (Lipinski definition) is 2. The van der Waals surface area contributed by atoms with Crippen LogP contribution >= 0.6 is 7.37 Å². The Hall–Kier alpha value is 0.150. The van der Waals surface area contributed by atoms with Gasteiger partial charge >= 0.3 is 0 Å². The zero-order chi connectivity index (χ0) is 12.4. The van der Waals surface area contributed by atoms with Gasteiger partial charge in [0.05, 0.1) is 6.29 Å². The van der Waals surface area contributed by atoms with Crippen LogP contribution < -0.4 is 0 Å². The second-order valence-electron chi connectivity index (χ2n) is 4.43. The molecule has 16 heavy (non-hydrogen) atoms. The molecule has 0 aromatic rings. The minimum Gasteiger partial charge on any atom is -0.343 e. The van der Waals surface area contributed by atoms with E-state index in [-0.39, 0.29) is 0 Å². The standard InChI is InChI=1S/C12H28NO2P/c1-4-7-8-9-10-11-16(14,15)12-13(5-2)6-3/h4-12H2,1-3H3,(H,14,15). The molecule has 98 valence electrons. The molecule has 0 aliphatic heterocycles. The molecule has 1 N–H and O–H groups in total. The SMILES string of the molecule is CCCCCCCP(=O)(O)CN(CC)CC. The van der Waals surface area contributed by atoms with Crippen molar-refractivity contribution in [2.75, 3.05) is 25.5 Å². The van der Waals surface area contributed by atoms with Crippen LogP contribution in [0.1, 0.15) is 52.9 Å². The summed E-state index contributed by atoms with van der Waals surface area (Å²) < 4.78 is 11.9. The highest BCUT2D eigenvalue weighted by Crippen LogP contribution is 2.42. The molecule has 0 heterocycles. The summed E-state index contributed by atoms with van der Waals surface area (Å²) in [6.45, 7) is 7.96. The van der Waals surface area contributed by atoms with Gasteiger partial charge in [0.1, 0.15) is 0 Å². The molecule has 1 unspecified atom stereocenters. The molecule has 0 aromatic heterocycles. The van der Waals surface area contributed by atoms with Crippen molar-refractivity contribution < 1.29 is 9.46 Å². The summed E-state index contributed by atoms with van der Waals surface area (Å²) in [5.74, 6) is 0. The molecule has 0 saturated carbocycles. The number of hydrogen-bond donors (Lipinski definition) is 1. The quantitative estimate of drug-likeness (QED) is 0.475. The number of nitrogens with zero attached hydrogens (tertiary/aromatic N) is 1. The lowest BCUT2D eigenvalue weighted by Gasteiger charge is -2.21. The first-order valence-corrected chi connectivity index (χ1v) is 8.62. The van der Waals surface area contributed by atoms with Gasteiger partial charge in [-0.1, -0.05) is 46.5 Å². The molecular formula is C12H28NO2P. The smallest absolute Gasteiger partial charge is 0.214 e. The summed E-state index contributed by atoms with van der Waals surface area (Å²) in [6, 6.07) is 0.